The minimum Gasteiger partial charge on any atom is -0.507 e. The van der Waals surface area contributed by atoms with E-state index >= 15 is 0 Å². The first-order valence-electron chi connectivity index (χ1n) is 18.3. The van der Waals surface area contributed by atoms with E-state index in [0.717, 1.165) is 99.2 Å². The van der Waals surface area contributed by atoms with Crippen LogP contribution in [0.25, 0.3) is 11.8 Å². The predicted molar refractivity (Wildman–Crippen MR) is 196 cm³/mol. The van der Waals surface area contributed by atoms with Crippen LogP contribution in [0.1, 0.15) is 98.0 Å². The first kappa shape index (κ1) is 33.1. The quantitative estimate of drug-likeness (QED) is 0.153. The van der Waals surface area contributed by atoms with Gasteiger partial charge in [-0.15, -0.1) is 0 Å². The van der Waals surface area contributed by atoms with E-state index < -0.39 is 11.9 Å². The number of phenols is 1. The van der Waals surface area contributed by atoms with Gasteiger partial charge in [0.2, 0.25) is 5.95 Å². The van der Waals surface area contributed by atoms with E-state index in [2.05, 4.69) is 48.7 Å². The van der Waals surface area contributed by atoms with E-state index in [1.807, 2.05) is 50.5 Å². The number of carbonyl (C=O) groups is 1. The number of benzene rings is 1. The Morgan fingerprint density at radius 2 is 1.75 bits per heavy atom. The molecule has 4 aliphatic rings. The normalized spacial score (nSPS) is 20.7. The lowest BCUT2D eigenvalue weighted by atomic mass is 9.89. The first-order valence-corrected chi connectivity index (χ1v) is 18.3. The smallest absolute Gasteiger partial charge is 0.314 e. The Morgan fingerprint density at radius 3 is 2.45 bits per heavy atom. The van der Waals surface area contributed by atoms with Crippen LogP contribution < -0.4 is 20.7 Å². The maximum Gasteiger partial charge on any atom is 0.314 e. The molecule has 268 valence electrons. The Morgan fingerprint density at radius 1 is 1.00 bits per heavy atom. The van der Waals surface area contributed by atoms with Crippen LogP contribution in [0.5, 0.6) is 5.75 Å². The molecule has 2 fully saturated rings. The van der Waals surface area contributed by atoms with Crippen molar-refractivity contribution in [3.8, 4) is 5.75 Å². The standard InChI is InChI=1S/C38H47N9O4/c1-22(2)34(37(49)50)32-19-33(44-51-32)46-15-10-26(11-16-46)45-13-8-24(9-14-45)25-20-39-38(40-21-25)47-17-12-29-35(23(47)3)28-18-30(42-43-36(28)41-29)27-6-4-5-7-31(27)48/h4-7,18-24,26,34,41-43,48H,8-17H2,1-3H3,(H,49,50)/t23-,34?/m1/s1. The molecular weight excluding hydrogens is 646 g/mol. The Labute approximate surface area is 297 Å². The number of aromatic amines is 1. The molecule has 13 nitrogen and oxygen atoms in total. The fraction of sp³-hybridized carbons (Fsp3) is 0.474. The summed E-state index contributed by atoms with van der Waals surface area (Å²) >= 11 is 0. The second-order valence-corrected chi connectivity index (χ2v) is 14.7. The van der Waals surface area contributed by atoms with E-state index in [-0.39, 0.29) is 17.7 Å². The molecule has 13 heteroatoms. The van der Waals surface area contributed by atoms with Gasteiger partial charge in [-0.2, -0.15) is 0 Å². The Bertz CT molecular complexity index is 1900. The molecule has 0 aliphatic carbocycles. The maximum atomic E-state index is 11.7. The molecule has 51 heavy (non-hydrogen) atoms. The molecule has 2 saturated heterocycles. The van der Waals surface area contributed by atoms with Crippen LogP contribution in [0.2, 0.25) is 0 Å². The number of para-hydroxylation sites is 1. The number of aliphatic carboxylic acids is 1. The van der Waals surface area contributed by atoms with Crippen LogP contribution in [0.3, 0.4) is 0 Å². The highest BCUT2D eigenvalue weighted by Crippen LogP contribution is 2.41. The summed E-state index contributed by atoms with van der Waals surface area (Å²) in [6.45, 7) is 10.7. The molecule has 0 saturated carbocycles. The van der Waals surface area contributed by atoms with Crippen LogP contribution in [-0.4, -0.2) is 80.0 Å². The highest BCUT2D eigenvalue weighted by molar-refractivity contribution is 5.90. The summed E-state index contributed by atoms with van der Waals surface area (Å²) in [5.41, 5.74) is 12.8. The lowest BCUT2D eigenvalue weighted by Gasteiger charge is -2.41. The monoisotopic (exact) mass is 693 g/mol. The van der Waals surface area contributed by atoms with Crippen molar-refractivity contribution in [1.29, 1.82) is 0 Å². The van der Waals surface area contributed by atoms with Gasteiger partial charge >= 0.3 is 5.97 Å². The lowest BCUT2D eigenvalue weighted by Crippen LogP contribution is -2.47. The topological polar surface area (TPSA) is 159 Å². The molecule has 3 aromatic heterocycles. The number of carboxylic acid groups (broad SMARTS) is 1. The van der Waals surface area contributed by atoms with Crippen molar-refractivity contribution in [3.63, 3.8) is 0 Å². The number of carboxylic acids is 1. The number of nitrogens with zero attached hydrogens (tertiary/aromatic N) is 6. The van der Waals surface area contributed by atoms with E-state index in [0.29, 0.717) is 17.7 Å². The van der Waals surface area contributed by atoms with Crippen molar-refractivity contribution in [2.75, 3.05) is 47.9 Å². The molecule has 8 rings (SSSR count). The highest BCUT2D eigenvalue weighted by atomic mass is 16.5. The van der Waals surface area contributed by atoms with Gasteiger partial charge in [-0.1, -0.05) is 31.1 Å². The van der Waals surface area contributed by atoms with Gasteiger partial charge < -0.3 is 34.4 Å². The van der Waals surface area contributed by atoms with Crippen LogP contribution in [0.15, 0.2) is 47.2 Å². The van der Waals surface area contributed by atoms with Gasteiger partial charge in [0, 0.05) is 72.9 Å². The van der Waals surface area contributed by atoms with Gasteiger partial charge in [0.1, 0.15) is 17.5 Å². The van der Waals surface area contributed by atoms with Crippen molar-refractivity contribution in [3.05, 3.63) is 76.4 Å². The lowest BCUT2D eigenvalue weighted by molar-refractivity contribution is -0.140. The van der Waals surface area contributed by atoms with Crippen molar-refractivity contribution in [2.45, 2.75) is 76.8 Å². The molecule has 4 aromatic rings. The van der Waals surface area contributed by atoms with E-state index in [4.69, 9.17) is 14.5 Å². The third-order valence-corrected chi connectivity index (χ3v) is 11.4. The van der Waals surface area contributed by atoms with Crippen molar-refractivity contribution < 1.29 is 19.5 Å². The number of likely N-dealkylation sites (tertiary alicyclic amines) is 1. The number of rotatable bonds is 8. The minimum atomic E-state index is -0.877. The van der Waals surface area contributed by atoms with E-state index in [1.54, 1.807) is 6.07 Å². The van der Waals surface area contributed by atoms with Crippen molar-refractivity contribution >= 4 is 35.3 Å². The number of hydrazine groups is 1. The number of nitrogens with one attached hydrogen (secondary N) is 3. The van der Waals surface area contributed by atoms with Crippen LogP contribution in [-0.2, 0) is 11.2 Å². The van der Waals surface area contributed by atoms with Crippen LogP contribution in [0.4, 0.5) is 17.6 Å². The largest absolute Gasteiger partial charge is 0.507 e. The molecular formula is C38H47N9O4. The fourth-order valence-electron chi connectivity index (χ4n) is 8.58. The predicted octanol–water partition coefficient (Wildman–Crippen LogP) is 5.72. The molecule has 0 amide bonds. The van der Waals surface area contributed by atoms with E-state index in [9.17, 15) is 15.0 Å². The molecule has 0 spiro atoms. The molecule has 0 bridgehead atoms. The number of aromatic nitrogens is 4. The number of hydrogen-bond donors (Lipinski definition) is 5. The van der Waals surface area contributed by atoms with Crippen LogP contribution >= 0.6 is 0 Å². The summed E-state index contributed by atoms with van der Waals surface area (Å²) in [5.74, 6) is 1.92. The fourth-order valence-corrected chi connectivity index (χ4v) is 8.58. The number of hydrogen-bond acceptors (Lipinski definition) is 11. The Kier molecular flexibility index (Phi) is 8.83. The van der Waals surface area contributed by atoms with Gasteiger partial charge in [-0.05, 0) is 81.3 Å². The Balaban J connectivity index is 0.867. The van der Waals surface area contributed by atoms with Gasteiger partial charge in [-0.3, -0.25) is 15.6 Å². The minimum absolute atomic E-state index is 0.0693. The summed E-state index contributed by atoms with van der Waals surface area (Å²) in [7, 11) is 0. The third kappa shape index (κ3) is 6.28. The number of H-pyrrole nitrogens is 1. The second-order valence-electron chi connectivity index (χ2n) is 14.7. The molecule has 5 N–H and O–H groups in total. The summed E-state index contributed by atoms with van der Waals surface area (Å²) < 4.78 is 5.49. The summed E-state index contributed by atoms with van der Waals surface area (Å²) in [6, 6.07) is 9.78. The van der Waals surface area contributed by atoms with Crippen LogP contribution in [0, 0.1) is 5.92 Å². The molecule has 0 radical (unpaired) electrons. The van der Waals surface area contributed by atoms with Crippen molar-refractivity contribution in [2.24, 2.45) is 5.92 Å². The van der Waals surface area contributed by atoms with Gasteiger partial charge in [0.25, 0.3) is 0 Å². The zero-order valence-corrected chi connectivity index (χ0v) is 29.5. The number of phenolic OH excluding ortho intramolecular Hbond substituents is 1. The van der Waals surface area contributed by atoms with Gasteiger partial charge in [0.15, 0.2) is 11.6 Å². The number of aromatic hydroxyl groups is 1. The Hall–Kier alpha value is -5.04. The zero-order valence-electron chi connectivity index (χ0n) is 29.5. The highest BCUT2D eigenvalue weighted by Gasteiger charge is 2.34. The third-order valence-electron chi connectivity index (χ3n) is 11.4. The maximum absolute atomic E-state index is 11.7. The SMILES string of the molecule is CC(C)C(C(=O)O)c1cc(N2CCC(N3CCC(c4cnc(N5CCc6[nH]c7c(c6[C@H]5C)C=C(c5ccccc5O)NN7)nc4)CC3)CC2)no1. The van der Waals surface area contributed by atoms with Crippen molar-refractivity contribution in [1.82, 2.24) is 30.4 Å². The summed E-state index contributed by atoms with van der Waals surface area (Å²) in [4.78, 5) is 32.3. The number of fused-ring (bicyclic) bond motifs is 3. The average Bonchev–Trinajstić information content (AvgIpc) is 3.77. The zero-order chi connectivity index (χ0) is 35.2. The molecule has 1 aromatic carbocycles. The first-order chi connectivity index (χ1) is 24.7. The summed E-state index contributed by atoms with van der Waals surface area (Å²) in [6.07, 6.45) is 11.3. The summed E-state index contributed by atoms with van der Waals surface area (Å²) in [5, 5.41) is 24.3. The molecule has 2 atom stereocenters. The number of anilines is 3. The van der Waals surface area contributed by atoms with Gasteiger partial charge in [-0.25, -0.2) is 9.97 Å². The molecule has 4 aliphatic heterocycles. The van der Waals surface area contributed by atoms with E-state index in [1.165, 1.54) is 16.8 Å². The molecule has 7 heterocycles. The average molecular weight is 694 g/mol. The second kappa shape index (κ2) is 13.6. The molecule has 1 unspecified atom stereocenters. The number of piperidine rings is 2. The van der Waals surface area contributed by atoms with Gasteiger partial charge in [0.05, 0.1) is 11.7 Å².